The van der Waals surface area contributed by atoms with Crippen LogP contribution in [0.15, 0.2) is 12.4 Å². The van der Waals surface area contributed by atoms with E-state index in [4.69, 9.17) is 14.8 Å². The van der Waals surface area contributed by atoms with Gasteiger partial charge in [0.05, 0.1) is 12.1 Å². The number of hydrogen-bond acceptors (Lipinski definition) is 4. The first-order chi connectivity index (χ1) is 7.70. The van der Waals surface area contributed by atoms with E-state index in [1.54, 1.807) is 13.3 Å². The number of ether oxygens (including phenoxy) is 1. The summed E-state index contributed by atoms with van der Waals surface area (Å²) in [6.07, 6.45) is 7.74. The van der Waals surface area contributed by atoms with Crippen LogP contribution in [0.5, 0.6) is 0 Å². The zero-order chi connectivity index (χ0) is 11.5. The Morgan fingerprint density at radius 2 is 2.31 bits per heavy atom. The van der Waals surface area contributed by atoms with Crippen molar-refractivity contribution in [3.05, 3.63) is 12.4 Å². The standard InChI is InChI=1S/C10H17BN2O3/c1-16-10-4-2-3-9(5-10)13-7-8(6-12-13)11(14)15/h6-7,9-10,14-15H,2-5H2,1H3. The van der Waals surface area contributed by atoms with Gasteiger partial charge in [0.25, 0.3) is 0 Å². The molecule has 2 unspecified atom stereocenters. The summed E-state index contributed by atoms with van der Waals surface area (Å²) in [6.45, 7) is 0. The third kappa shape index (κ3) is 2.45. The molecule has 0 aromatic carbocycles. The Morgan fingerprint density at radius 1 is 1.50 bits per heavy atom. The van der Waals surface area contributed by atoms with E-state index in [2.05, 4.69) is 5.10 Å². The number of aromatic nitrogens is 2. The number of nitrogens with zero attached hydrogens (tertiary/aromatic N) is 2. The highest BCUT2D eigenvalue weighted by Gasteiger charge is 2.24. The molecule has 0 amide bonds. The Morgan fingerprint density at radius 3 is 2.94 bits per heavy atom. The fourth-order valence-corrected chi connectivity index (χ4v) is 2.26. The molecule has 88 valence electrons. The van der Waals surface area contributed by atoms with Gasteiger partial charge in [-0.25, -0.2) is 0 Å². The van der Waals surface area contributed by atoms with Crippen LogP contribution in [0.25, 0.3) is 0 Å². The van der Waals surface area contributed by atoms with E-state index in [9.17, 15) is 0 Å². The molecular weight excluding hydrogens is 207 g/mol. The Labute approximate surface area is 95.2 Å². The lowest BCUT2D eigenvalue weighted by atomic mass is 9.83. The maximum atomic E-state index is 9.01. The summed E-state index contributed by atoms with van der Waals surface area (Å²) in [5.41, 5.74) is 0.444. The van der Waals surface area contributed by atoms with Gasteiger partial charge in [-0.2, -0.15) is 5.10 Å². The summed E-state index contributed by atoms with van der Waals surface area (Å²) < 4.78 is 7.18. The smallest absolute Gasteiger partial charge is 0.423 e. The third-order valence-corrected chi connectivity index (χ3v) is 3.23. The largest absolute Gasteiger partial charge is 0.491 e. The van der Waals surface area contributed by atoms with Crippen molar-refractivity contribution in [1.82, 2.24) is 9.78 Å². The molecule has 0 radical (unpaired) electrons. The van der Waals surface area contributed by atoms with E-state index >= 15 is 0 Å². The van der Waals surface area contributed by atoms with Gasteiger partial charge in [0, 0.05) is 25.0 Å². The van der Waals surface area contributed by atoms with E-state index in [-0.39, 0.29) is 0 Å². The molecule has 1 fully saturated rings. The topological polar surface area (TPSA) is 67.5 Å². The van der Waals surface area contributed by atoms with Crippen molar-refractivity contribution in [1.29, 1.82) is 0 Å². The van der Waals surface area contributed by atoms with E-state index in [1.807, 2.05) is 4.68 Å². The summed E-state index contributed by atoms with van der Waals surface area (Å²) in [5, 5.41) is 22.2. The number of rotatable bonds is 3. The minimum atomic E-state index is -1.43. The van der Waals surface area contributed by atoms with Gasteiger partial charge in [-0.3, -0.25) is 4.68 Å². The average molecular weight is 224 g/mol. The van der Waals surface area contributed by atoms with E-state index < -0.39 is 7.12 Å². The van der Waals surface area contributed by atoms with Crippen LogP contribution in [0.4, 0.5) is 0 Å². The van der Waals surface area contributed by atoms with E-state index in [0.29, 0.717) is 17.6 Å². The van der Waals surface area contributed by atoms with Crippen molar-refractivity contribution in [2.45, 2.75) is 37.8 Å². The Bertz CT molecular complexity index is 343. The average Bonchev–Trinajstić information content (AvgIpc) is 2.78. The van der Waals surface area contributed by atoms with Crippen LogP contribution in [0.2, 0.25) is 0 Å². The highest BCUT2D eigenvalue weighted by atomic mass is 16.5. The second kappa shape index (κ2) is 4.99. The van der Waals surface area contributed by atoms with Gasteiger partial charge in [0.15, 0.2) is 0 Å². The summed E-state index contributed by atoms with van der Waals surface area (Å²) in [5.74, 6) is 0. The van der Waals surface area contributed by atoms with Crippen molar-refractivity contribution in [2.75, 3.05) is 7.11 Å². The number of methoxy groups -OCH3 is 1. The molecule has 0 saturated heterocycles. The van der Waals surface area contributed by atoms with Gasteiger partial charge < -0.3 is 14.8 Å². The first-order valence-corrected chi connectivity index (χ1v) is 5.63. The fourth-order valence-electron chi connectivity index (χ4n) is 2.26. The van der Waals surface area contributed by atoms with Crippen LogP contribution >= 0.6 is 0 Å². The fraction of sp³-hybridized carbons (Fsp3) is 0.700. The third-order valence-electron chi connectivity index (χ3n) is 3.23. The molecular formula is C10H17BN2O3. The first-order valence-electron chi connectivity index (χ1n) is 5.63. The molecule has 16 heavy (non-hydrogen) atoms. The van der Waals surface area contributed by atoms with Crippen molar-refractivity contribution < 1.29 is 14.8 Å². The van der Waals surface area contributed by atoms with Crippen LogP contribution < -0.4 is 5.46 Å². The Kier molecular flexibility index (Phi) is 3.63. The quantitative estimate of drug-likeness (QED) is 0.691. The summed E-state index contributed by atoms with van der Waals surface area (Å²) in [6, 6.07) is 0.311. The molecule has 1 heterocycles. The Balaban J connectivity index is 2.05. The van der Waals surface area contributed by atoms with Crippen molar-refractivity contribution >= 4 is 12.6 Å². The Hall–Kier alpha value is -0.845. The second-order valence-corrected chi connectivity index (χ2v) is 4.31. The van der Waals surface area contributed by atoms with E-state index in [0.717, 1.165) is 25.7 Å². The van der Waals surface area contributed by atoms with Crippen LogP contribution in [0.1, 0.15) is 31.7 Å². The summed E-state index contributed by atoms with van der Waals surface area (Å²) in [7, 11) is 0.300. The number of hydrogen-bond donors (Lipinski definition) is 2. The van der Waals surface area contributed by atoms with Crippen LogP contribution in [-0.2, 0) is 4.74 Å². The van der Waals surface area contributed by atoms with Crippen LogP contribution in [0, 0.1) is 0 Å². The van der Waals surface area contributed by atoms with Crippen molar-refractivity contribution in [3.63, 3.8) is 0 Å². The maximum Gasteiger partial charge on any atom is 0.491 e. The molecule has 5 nitrogen and oxygen atoms in total. The molecule has 1 aliphatic rings. The monoisotopic (exact) mass is 224 g/mol. The predicted molar refractivity (Wildman–Crippen MR) is 60.4 cm³/mol. The molecule has 0 aliphatic heterocycles. The van der Waals surface area contributed by atoms with E-state index in [1.165, 1.54) is 6.20 Å². The molecule has 2 rings (SSSR count). The van der Waals surface area contributed by atoms with Crippen molar-refractivity contribution in [2.24, 2.45) is 0 Å². The molecule has 1 aromatic heterocycles. The zero-order valence-electron chi connectivity index (χ0n) is 9.41. The summed E-state index contributed by atoms with van der Waals surface area (Å²) >= 11 is 0. The highest BCUT2D eigenvalue weighted by Crippen LogP contribution is 2.28. The molecule has 0 bridgehead atoms. The molecule has 0 spiro atoms. The normalized spacial score (nSPS) is 25.7. The zero-order valence-corrected chi connectivity index (χ0v) is 9.41. The van der Waals surface area contributed by atoms with Gasteiger partial charge >= 0.3 is 7.12 Å². The second-order valence-electron chi connectivity index (χ2n) is 4.31. The van der Waals surface area contributed by atoms with Gasteiger partial charge in [0.2, 0.25) is 0 Å². The lowest BCUT2D eigenvalue weighted by molar-refractivity contribution is 0.0508. The molecule has 1 saturated carbocycles. The van der Waals surface area contributed by atoms with Gasteiger partial charge in [-0.1, -0.05) is 0 Å². The maximum absolute atomic E-state index is 9.01. The van der Waals surface area contributed by atoms with Crippen molar-refractivity contribution in [3.8, 4) is 0 Å². The van der Waals surface area contributed by atoms with Gasteiger partial charge in [-0.05, 0) is 25.7 Å². The lowest BCUT2D eigenvalue weighted by Gasteiger charge is -2.28. The van der Waals surface area contributed by atoms with Gasteiger partial charge in [-0.15, -0.1) is 0 Å². The highest BCUT2D eigenvalue weighted by molar-refractivity contribution is 6.58. The van der Waals surface area contributed by atoms with Crippen LogP contribution in [-0.4, -0.2) is 40.2 Å². The van der Waals surface area contributed by atoms with Crippen LogP contribution in [0.3, 0.4) is 0 Å². The SMILES string of the molecule is COC1CCCC(n2cc(B(O)O)cn2)C1. The first kappa shape index (κ1) is 11.6. The molecule has 2 atom stereocenters. The minimum absolute atomic E-state index is 0.297. The predicted octanol–water partition coefficient (Wildman–Crippen LogP) is -0.307. The molecule has 2 N–H and O–H groups in total. The molecule has 1 aliphatic carbocycles. The molecule has 1 aromatic rings. The summed E-state index contributed by atoms with van der Waals surface area (Å²) in [4.78, 5) is 0. The minimum Gasteiger partial charge on any atom is -0.423 e. The molecule has 6 heteroatoms. The lowest BCUT2D eigenvalue weighted by Crippen LogP contribution is -2.29. The van der Waals surface area contributed by atoms with Gasteiger partial charge in [0.1, 0.15) is 0 Å².